The summed E-state index contributed by atoms with van der Waals surface area (Å²) in [6, 6.07) is 0. The molecule has 0 saturated carbocycles. The molecule has 78 valence electrons. The molecule has 0 radical (unpaired) electrons. The Morgan fingerprint density at radius 3 is 1.71 bits per heavy atom. The molecule has 0 N–H and O–H groups in total. The molecule has 0 bridgehead atoms. The highest BCUT2D eigenvalue weighted by molar-refractivity contribution is 4.96. The van der Waals surface area contributed by atoms with Crippen LogP contribution in [0.2, 0.25) is 0 Å². The van der Waals surface area contributed by atoms with Crippen molar-refractivity contribution in [1.82, 2.24) is 0 Å². The van der Waals surface area contributed by atoms with Crippen LogP contribution in [-0.2, 0) is 18.9 Å². The van der Waals surface area contributed by atoms with Crippen molar-refractivity contribution in [2.24, 2.45) is 0 Å². The average Bonchev–Trinajstić information content (AvgIpc) is 3.00. The molecule has 2 unspecified atom stereocenters. The molecule has 2 heterocycles. The van der Waals surface area contributed by atoms with Crippen LogP contribution in [-0.4, -0.2) is 38.6 Å². The quantitative estimate of drug-likeness (QED) is 0.345. The third-order valence-electron chi connectivity index (χ3n) is 1.83. The molecule has 2 aliphatic heterocycles. The summed E-state index contributed by atoms with van der Waals surface area (Å²) in [7, 11) is 0. The predicted molar refractivity (Wildman–Crippen MR) is 49.7 cm³/mol. The van der Waals surface area contributed by atoms with Crippen molar-refractivity contribution < 1.29 is 18.9 Å². The van der Waals surface area contributed by atoms with Gasteiger partial charge in [0, 0.05) is 0 Å². The molecule has 2 rings (SSSR count). The lowest BCUT2D eigenvalue weighted by atomic mass is 10.5. The average molecular weight is 198 g/mol. The van der Waals surface area contributed by atoms with Crippen molar-refractivity contribution in [2.45, 2.75) is 12.2 Å². The highest BCUT2D eigenvalue weighted by atomic mass is 16.6. The largest absolute Gasteiger partial charge is 0.498 e. The van der Waals surface area contributed by atoms with Crippen molar-refractivity contribution in [3.8, 4) is 0 Å². The van der Waals surface area contributed by atoms with Gasteiger partial charge in [-0.15, -0.1) is 0 Å². The van der Waals surface area contributed by atoms with E-state index in [9.17, 15) is 0 Å². The van der Waals surface area contributed by atoms with Crippen LogP contribution in [0.15, 0.2) is 24.7 Å². The van der Waals surface area contributed by atoms with Crippen molar-refractivity contribution in [2.75, 3.05) is 26.4 Å². The lowest BCUT2D eigenvalue weighted by molar-refractivity contribution is 0.210. The van der Waals surface area contributed by atoms with E-state index in [-0.39, 0.29) is 0 Å². The number of hydrogen-bond donors (Lipinski definition) is 0. The van der Waals surface area contributed by atoms with Gasteiger partial charge in [0.1, 0.15) is 25.4 Å². The fourth-order valence-corrected chi connectivity index (χ4v) is 0.856. The smallest absolute Gasteiger partial charge is 0.116 e. The molecule has 4 heteroatoms. The van der Waals surface area contributed by atoms with E-state index >= 15 is 0 Å². The minimum atomic E-state index is 0.312. The Morgan fingerprint density at radius 1 is 0.929 bits per heavy atom. The van der Waals surface area contributed by atoms with Gasteiger partial charge in [0.25, 0.3) is 0 Å². The zero-order valence-corrected chi connectivity index (χ0v) is 7.93. The SMILES string of the molecule is C(/C=C/OCC1CO1)=C\OCC1CO1. The molecule has 0 amide bonds. The van der Waals surface area contributed by atoms with Crippen LogP contribution in [0.1, 0.15) is 0 Å². The first-order chi connectivity index (χ1) is 6.95. The maximum absolute atomic E-state index is 5.16. The van der Waals surface area contributed by atoms with E-state index in [4.69, 9.17) is 18.9 Å². The molecule has 2 aliphatic rings. The van der Waals surface area contributed by atoms with E-state index < -0.39 is 0 Å². The van der Waals surface area contributed by atoms with Crippen molar-refractivity contribution >= 4 is 0 Å². The molecule has 0 aromatic heterocycles. The number of ether oxygens (including phenoxy) is 4. The second kappa shape index (κ2) is 5.02. The van der Waals surface area contributed by atoms with Crippen LogP contribution in [0.4, 0.5) is 0 Å². The van der Waals surface area contributed by atoms with E-state index in [1.165, 1.54) is 0 Å². The zero-order chi connectivity index (χ0) is 9.64. The third-order valence-corrected chi connectivity index (χ3v) is 1.83. The Morgan fingerprint density at radius 2 is 1.36 bits per heavy atom. The van der Waals surface area contributed by atoms with Gasteiger partial charge in [-0.05, 0) is 12.2 Å². The molecule has 0 aliphatic carbocycles. The molecule has 2 fully saturated rings. The molecule has 0 aromatic carbocycles. The summed E-state index contributed by atoms with van der Waals surface area (Å²) < 4.78 is 20.3. The Hall–Kier alpha value is -1.00. The van der Waals surface area contributed by atoms with Crippen LogP contribution < -0.4 is 0 Å². The van der Waals surface area contributed by atoms with Crippen LogP contribution in [0.25, 0.3) is 0 Å². The van der Waals surface area contributed by atoms with Crippen LogP contribution in [0.3, 0.4) is 0 Å². The maximum Gasteiger partial charge on any atom is 0.116 e. The fraction of sp³-hybridized carbons (Fsp3) is 0.600. The van der Waals surface area contributed by atoms with Crippen molar-refractivity contribution in [3.05, 3.63) is 24.7 Å². The van der Waals surface area contributed by atoms with Gasteiger partial charge < -0.3 is 18.9 Å². The molecule has 4 nitrogen and oxygen atoms in total. The monoisotopic (exact) mass is 198 g/mol. The minimum Gasteiger partial charge on any atom is -0.498 e. The molecule has 14 heavy (non-hydrogen) atoms. The first-order valence-electron chi connectivity index (χ1n) is 4.73. The Labute approximate surface area is 83.1 Å². The summed E-state index contributed by atoms with van der Waals surface area (Å²) in [5.74, 6) is 0. The van der Waals surface area contributed by atoms with Gasteiger partial charge in [0.05, 0.1) is 25.7 Å². The van der Waals surface area contributed by atoms with Crippen molar-refractivity contribution in [1.29, 1.82) is 0 Å². The van der Waals surface area contributed by atoms with Gasteiger partial charge in [-0.1, -0.05) is 0 Å². The molecule has 2 atom stereocenters. The Balaban J connectivity index is 1.42. The van der Waals surface area contributed by atoms with E-state index in [1.54, 1.807) is 24.7 Å². The van der Waals surface area contributed by atoms with Crippen LogP contribution >= 0.6 is 0 Å². The molecule has 2 saturated heterocycles. The number of rotatable bonds is 7. The molecular weight excluding hydrogens is 184 g/mol. The Bertz CT molecular complexity index is 192. The van der Waals surface area contributed by atoms with Crippen LogP contribution in [0, 0.1) is 0 Å². The van der Waals surface area contributed by atoms with Gasteiger partial charge in [-0.3, -0.25) is 0 Å². The van der Waals surface area contributed by atoms with Gasteiger partial charge >= 0.3 is 0 Å². The topological polar surface area (TPSA) is 43.5 Å². The lowest BCUT2D eigenvalue weighted by Crippen LogP contribution is -1.95. The summed E-state index contributed by atoms with van der Waals surface area (Å²) in [5.41, 5.74) is 0. The lowest BCUT2D eigenvalue weighted by Gasteiger charge is -1.94. The highest BCUT2D eigenvalue weighted by Crippen LogP contribution is 2.09. The zero-order valence-electron chi connectivity index (χ0n) is 7.93. The first kappa shape index (κ1) is 9.55. The summed E-state index contributed by atoms with van der Waals surface area (Å²) >= 11 is 0. The second-order valence-electron chi connectivity index (χ2n) is 3.23. The first-order valence-corrected chi connectivity index (χ1v) is 4.73. The summed E-state index contributed by atoms with van der Waals surface area (Å²) in [6.45, 7) is 2.94. The maximum atomic E-state index is 5.16. The summed E-state index contributed by atoms with van der Waals surface area (Å²) in [4.78, 5) is 0. The number of allylic oxidation sites excluding steroid dienone is 2. The van der Waals surface area contributed by atoms with Gasteiger partial charge in [0.15, 0.2) is 0 Å². The number of hydrogen-bond acceptors (Lipinski definition) is 4. The third kappa shape index (κ3) is 4.30. The van der Waals surface area contributed by atoms with E-state index in [1.807, 2.05) is 0 Å². The van der Waals surface area contributed by atoms with Crippen LogP contribution in [0.5, 0.6) is 0 Å². The second-order valence-corrected chi connectivity index (χ2v) is 3.23. The summed E-state index contributed by atoms with van der Waals surface area (Å²) in [6.07, 6.45) is 7.47. The van der Waals surface area contributed by atoms with Gasteiger partial charge in [-0.2, -0.15) is 0 Å². The van der Waals surface area contributed by atoms with Gasteiger partial charge in [-0.25, -0.2) is 0 Å². The van der Waals surface area contributed by atoms with E-state index in [0.717, 1.165) is 13.2 Å². The molecular formula is C10H14O4. The summed E-state index contributed by atoms with van der Waals surface area (Å²) in [5, 5.41) is 0. The predicted octanol–water partition coefficient (Wildman–Crippen LogP) is 0.845. The Kier molecular flexibility index (Phi) is 3.43. The minimum absolute atomic E-state index is 0.312. The highest BCUT2D eigenvalue weighted by Gasteiger charge is 2.22. The van der Waals surface area contributed by atoms with E-state index in [0.29, 0.717) is 25.4 Å². The fourth-order valence-electron chi connectivity index (χ4n) is 0.856. The number of epoxide rings is 2. The van der Waals surface area contributed by atoms with Gasteiger partial charge in [0.2, 0.25) is 0 Å². The van der Waals surface area contributed by atoms with E-state index in [2.05, 4.69) is 0 Å². The molecule has 0 spiro atoms. The molecule has 0 aromatic rings. The normalized spacial score (nSPS) is 29.7. The standard InChI is InChI=1S/C10H14O4/c1(3-11-5-9-7-13-9)2-4-12-6-10-8-14-10/h1-4,9-10H,5-8H2/b3-1+,4-2+. The van der Waals surface area contributed by atoms with Crippen molar-refractivity contribution in [3.63, 3.8) is 0 Å².